The van der Waals surface area contributed by atoms with Gasteiger partial charge in [-0.05, 0) is 17.7 Å². The molecule has 0 spiro atoms. The van der Waals surface area contributed by atoms with Crippen molar-refractivity contribution in [3.63, 3.8) is 0 Å². The zero-order valence-corrected chi connectivity index (χ0v) is 9.61. The molecule has 0 aliphatic heterocycles. The molecule has 1 aromatic carbocycles. The van der Waals surface area contributed by atoms with Gasteiger partial charge in [0.05, 0.1) is 4.92 Å². The van der Waals surface area contributed by atoms with Crippen LogP contribution in [-0.4, -0.2) is 27.2 Å². The Labute approximate surface area is 107 Å². The van der Waals surface area contributed by atoms with Gasteiger partial charge in [0.25, 0.3) is 11.5 Å². The molecule has 0 saturated heterocycles. The zero-order chi connectivity index (χ0) is 14.4. The molecule has 8 heteroatoms. The number of hydrogen-bond acceptors (Lipinski definition) is 5. The summed E-state index contributed by atoms with van der Waals surface area (Å²) in [7, 11) is 0. The lowest BCUT2D eigenvalue weighted by Crippen LogP contribution is -2.25. The molecule has 97 valence electrons. The molecule has 8 nitrogen and oxygen atoms in total. The Morgan fingerprint density at radius 2 is 1.95 bits per heavy atom. The van der Waals surface area contributed by atoms with Crippen molar-refractivity contribution in [3.8, 4) is 0 Å². The highest BCUT2D eigenvalue weighted by Crippen LogP contribution is 2.12. The lowest BCUT2D eigenvalue weighted by Gasteiger charge is -2.01. The van der Waals surface area contributed by atoms with Crippen molar-refractivity contribution in [2.45, 2.75) is 6.61 Å². The zero-order valence-electron chi connectivity index (χ0n) is 9.61. The van der Waals surface area contributed by atoms with E-state index in [1.54, 1.807) is 0 Å². The van der Waals surface area contributed by atoms with Gasteiger partial charge in [-0.1, -0.05) is 0 Å². The number of nitro groups is 1. The van der Waals surface area contributed by atoms with Gasteiger partial charge in [-0.2, -0.15) is 4.79 Å². The number of non-ortho nitro benzene ring substituents is 1. The van der Waals surface area contributed by atoms with E-state index in [2.05, 4.69) is 16.5 Å². The number of ketones is 1. The number of nitrogens with zero attached hydrogens (tertiary/aromatic N) is 3. The van der Waals surface area contributed by atoms with Crippen LogP contribution in [0.5, 0.6) is 0 Å². The van der Waals surface area contributed by atoms with Crippen molar-refractivity contribution >= 4 is 23.2 Å². The Hall–Kier alpha value is -2.86. The molecule has 0 aliphatic carbocycles. The summed E-state index contributed by atoms with van der Waals surface area (Å²) in [6.45, 7) is 2.69. The topological polar surface area (TPSA) is 123 Å². The van der Waals surface area contributed by atoms with Crippen LogP contribution < -0.4 is 0 Å². The second-order valence-electron chi connectivity index (χ2n) is 3.37. The minimum absolute atomic E-state index is 0.0966. The number of esters is 1. The van der Waals surface area contributed by atoms with Gasteiger partial charge >= 0.3 is 11.7 Å². The molecule has 0 saturated carbocycles. The van der Waals surface area contributed by atoms with E-state index in [0.717, 1.165) is 0 Å². The molecule has 0 bridgehead atoms. The van der Waals surface area contributed by atoms with E-state index in [0.29, 0.717) is 5.56 Å². The SMILES string of the molecule is [CH2]C(=O)C(=[N+]=[N-])C(=O)OCc1ccc([N+](=O)[O-])cc1. The molecule has 0 aromatic heterocycles. The molecule has 0 fully saturated rings. The maximum absolute atomic E-state index is 11.3. The largest absolute Gasteiger partial charge is 0.452 e. The van der Waals surface area contributed by atoms with Crippen LogP contribution in [0.4, 0.5) is 5.69 Å². The van der Waals surface area contributed by atoms with E-state index >= 15 is 0 Å². The molecule has 19 heavy (non-hydrogen) atoms. The van der Waals surface area contributed by atoms with E-state index in [1.165, 1.54) is 24.3 Å². The van der Waals surface area contributed by atoms with Crippen LogP contribution in [0.25, 0.3) is 5.53 Å². The second-order valence-corrected chi connectivity index (χ2v) is 3.37. The maximum atomic E-state index is 11.3. The Bertz CT molecular complexity index is 572. The molecule has 0 N–H and O–H groups in total. The molecule has 1 rings (SSSR count). The Morgan fingerprint density at radius 1 is 1.37 bits per heavy atom. The van der Waals surface area contributed by atoms with E-state index < -0.39 is 22.4 Å². The first-order chi connectivity index (χ1) is 8.95. The van der Waals surface area contributed by atoms with Crippen LogP contribution in [-0.2, 0) is 20.9 Å². The molecule has 0 heterocycles. The van der Waals surface area contributed by atoms with E-state index in [4.69, 9.17) is 5.53 Å². The summed E-state index contributed by atoms with van der Waals surface area (Å²) < 4.78 is 4.68. The monoisotopic (exact) mass is 262 g/mol. The highest BCUT2D eigenvalue weighted by molar-refractivity contribution is 6.63. The molecular weight excluding hydrogens is 254 g/mol. The van der Waals surface area contributed by atoms with Crippen LogP contribution in [0, 0.1) is 17.0 Å². The van der Waals surface area contributed by atoms with Crippen molar-refractivity contribution in [1.29, 1.82) is 0 Å². The Kier molecular flexibility index (Phi) is 4.62. The fourth-order valence-electron chi connectivity index (χ4n) is 1.14. The van der Waals surface area contributed by atoms with E-state index in [1.807, 2.05) is 0 Å². The van der Waals surface area contributed by atoms with Crippen molar-refractivity contribution in [1.82, 2.24) is 0 Å². The fourth-order valence-corrected chi connectivity index (χ4v) is 1.14. The highest BCUT2D eigenvalue weighted by Gasteiger charge is 2.27. The van der Waals surface area contributed by atoms with Gasteiger partial charge in [0, 0.05) is 19.1 Å². The number of rotatable bonds is 5. The summed E-state index contributed by atoms with van der Waals surface area (Å²) in [5.74, 6) is -2.10. The predicted molar refractivity (Wildman–Crippen MR) is 61.9 cm³/mol. The van der Waals surface area contributed by atoms with Gasteiger partial charge in [-0.3, -0.25) is 14.9 Å². The summed E-state index contributed by atoms with van der Waals surface area (Å²) in [5.41, 5.74) is 7.98. The van der Waals surface area contributed by atoms with Crippen molar-refractivity contribution < 1.29 is 24.0 Å². The Balaban J connectivity index is 2.67. The number of carbonyl (C=O) groups is 2. The van der Waals surface area contributed by atoms with Crippen LogP contribution in [0.1, 0.15) is 5.56 Å². The Morgan fingerprint density at radius 3 is 2.37 bits per heavy atom. The maximum Gasteiger partial charge on any atom is 0.441 e. The first kappa shape index (κ1) is 14.2. The number of carbonyl (C=O) groups excluding carboxylic acids is 2. The molecule has 1 radical (unpaired) electrons. The number of nitro benzene ring substituents is 1. The van der Waals surface area contributed by atoms with E-state index in [-0.39, 0.29) is 12.3 Å². The average molecular weight is 262 g/mol. The highest BCUT2D eigenvalue weighted by atomic mass is 16.6. The third kappa shape index (κ3) is 3.83. The van der Waals surface area contributed by atoms with Crippen molar-refractivity contribution in [2.75, 3.05) is 0 Å². The van der Waals surface area contributed by atoms with Gasteiger partial charge in [0.15, 0.2) is 0 Å². The molecule has 0 atom stereocenters. The molecule has 1 aromatic rings. The summed E-state index contributed by atoms with van der Waals surface area (Å²) in [5, 5.41) is 10.4. The number of hydrogen-bond donors (Lipinski definition) is 0. The lowest BCUT2D eigenvalue weighted by atomic mass is 10.2. The van der Waals surface area contributed by atoms with Gasteiger partial charge in [0.1, 0.15) is 6.61 Å². The van der Waals surface area contributed by atoms with Gasteiger partial charge < -0.3 is 10.3 Å². The summed E-state index contributed by atoms with van der Waals surface area (Å²) in [4.78, 5) is 34.4. The fraction of sp³-hybridized carbons (Fsp3) is 0.0909. The molecule has 0 aliphatic rings. The lowest BCUT2D eigenvalue weighted by molar-refractivity contribution is -0.384. The minimum Gasteiger partial charge on any atom is -0.452 e. The van der Waals surface area contributed by atoms with Crippen LogP contribution in [0.3, 0.4) is 0 Å². The van der Waals surface area contributed by atoms with Gasteiger partial charge in [-0.15, -0.1) is 0 Å². The second kappa shape index (κ2) is 6.18. The average Bonchev–Trinajstić information content (AvgIpc) is 2.37. The van der Waals surface area contributed by atoms with E-state index in [9.17, 15) is 19.7 Å². The third-order valence-electron chi connectivity index (χ3n) is 2.07. The van der Waals surface area contributed by atoms with Crippen molar-refractivity contribution in [2.24, 2.45) is 0 Å². The van der Waals surface area contributed by atoms with Crippen LogP contribution in [0.2, 0.25) is 0 Å². The van der Waals surface area contributed by atoms with Crippen LogP contribution >= 0.6 is 0 Å². The van der Waals surface area contributed by atoms with Crippen molar-refractivity contribution in [3.05, 3.63) is 52.4 Å². The molecule has 0 amide bonds. The minimum atomic E-state index is -1.12. The molecule has 0 unspecified atom stereocenters. The first-order valence-electron chi connectivity index (χ1n) is 4.94. The first-order valence-corrected chi connectivity index (χ1v) is 4.94. The summed E-state index contributed by atoms with van der Waals surface area (Å²) >= 11 is 0. The number of ether oxygens (including phenoxy) is 1. The smallest absolute Gasteiger partial charge is 0.441 e. The van der Waals surface area contributed by atoms with Crippen LogP contribution in [0.15, 0.2) is 24.3 Å². The molecular formula is C11H8N3O5. The predicted octanol–water partition coefficient (Wildman–Crippen LogP) is 0.712. The number of Topliss-reactive ketones (excluding diaryl/α,β-unsaturated/α-hetero) is 1. The van der Waals surface area contributed by atoms with Gasteiger partial charge in [0.2, 0.25) is 0 Å². The number of benzene rings is 1. The normalized spacial score (nSPS) is 9.32. The summed E-state index contributed by atoms with van der Waals surface area (Å²) in [6, 6.07) is 5.29. The third-order valence-corrected chi connectivity index (χ3v) is 2.07. The van der Waals surface area contributed by atoms with Gasteiger partial charge in [-0.25, -0.2) is 4.79 Å². The quantitative estimate of drug-likeness (QED) is 0.147. The summed E-state index contributed by atoms with van der Waals surface area (Å²) in [6.07, 6.45) is 0. The standard InChI is InChI=1S/C11H8N3O5/c1-7(15)10(13-12)11(16)19-6-8-2-4-9(5-3-8)14(17)18/h2-5H,1,6H2.